The number of carbonyl (C=O) groups is 1. The molecular weight excluding hydrogens is 461 g/mol. The molecule has 1 saturated carbocycles. The molecule has 1 aliphatic heterocycles. The van der Waals surface area contributed by atoms with Gasteiger partial charge in [-0.2, -0.15) is 18.2 Å². The number of hydrogen-bond acceptors (Lipinski definition) is 6. The number of aromatic nitrogens is 2. The number of ether oxygens (including phenoxy) is 1. The fourth-order valence-electron chi connectivity index (χ4n) is 5.88. The summed E-state index contributed by atoms with van der Waals surface area (Å²) in [5, 5.41) is 9.12. The average Bonchev–Trinajstić information content (AvgIpc) is 3.11. The van der Waals surface area contributed by atoms with Crippen molar-refractivity contribution in [3.63, 3.8) is 0 Å². The van der Waals surface area contributed by atoms with Crippen LogP contribution in [-0.2, 0) is 22.8 Å². The van der Waals surface area contributed by atoms with Crippen LogP contribution in [-0.4, -0.2) is 32.4 Å². The zero-order valence-electron chi connectivity index (χ0n) is 19.6. The van der Waals surface area contributed by atoms with E-state index in [0.717, 1.165) is 44.1 Å². The molecule has 2 aromatic rings. The molecule has 2 heterocycles. The van der Waals surface area contributed by atoms with Crippen LogP contribution in [0, 0.1) is 5.92 Å². The van der Waals surface area contributed by atoms with Gasteiger partial charge in [-0.15, -0.1) is 0 Å². The van der Waals surface area contributed by atoms with Crippen LogP contribution >= 0.6 is 0 Å². The summed E-state index contributed by atoms with van der Waals surface area (Å²) in [5.74, 6) is -2.51. The minimum Gasteiger partial charge on any atom is -0.481 e. The van der Waals surface area contributed by atoms with E-state index in [4.69, 9.17) is 15.6 Å². The van der Waals surface area contributed by atoms with Gasteiger partial charge < -0.3 is 15.6 Å². The maximum absolute atomic E-state index is 13.1. The highest BCUT2D eigenvalue weighted by Crippen LogP contribution is 2.51. The van der Waals surface area contributed by atoms with E-state index in [0.29, 0.717) is 5.71 Å². The second-order valence-electron chi connectivity index (χ2n) is 10.4. The minimum absolute atomic E-state index is 0.000969. The average molecular weight is 489 g/mol. The standard InChI is InChI=1S/C25H27F3N4O3/c1-23(2)19(30-18-20(29)31-22(25(26,27)28)32-21(18)35-23)15-3-4-16-14(12-15)7-10-24(16)8-5-13(6-9-24)11-17(33)34/h3-4,12-13H,5-11H2,1-2H3,(H,33,34)(H2,29,31,32). The Balaban J connectivity index is 1.47. The fourth-order valence-corrected chi connectivity index (χ4v) is 5.88. The van der Waals surface area contributed by atoms with Crippen molar-refractivity contribution < 1.29 is 27.8 Å². The molecule has 5 rings (SSSR count). The molecule has 0 amide bonds. The van der Waals surface area contributed by atoms with Gasteiger partial charge in [-0.25, -0.2) is 9.98 Å². The van der Waals surface area contributed by atoms with Crippen molar-refractivity contribution in [2.24, 2.45) is 10.9 Å². The van der Waals surface area contributed by atoms with E-state index >= 15 is 0 Å². The summed E-state index contributed by atoms with van der Waals surface area (Å²) >= 11 is 0. The van der Waals surface area contributed by atoms with Gasteiger partial charge in [0.2, 0.25) is 11.7 Å². The molecule has 186 valence electrons. The number of halogens is 3. The number of aryl methyl sites for hydroxylation is 1. The molecule has 1 spiro atoms. The van der Waals surface area contributed by atoms with Gasteiger partial charge in [0.05, 0.1) is 5.71 Å². The Hall–Kier alpha value is -3.17. The minimum atomic E-state index is -4.75. The number of rotatable bonds is 3. The maximum Gasteiger partial charge on any atom is 0.451 e. The number of carboxylic acid groups (broad SMARTS) is 1. The van der Waals surface area contributed by atoms with Crippen molar-refractivity contribution >= 4 is 23.2 Å². The number of benzene rings is 1. The van der Waals surface area contributed by atoms with Crippen LogP contribution in [0.3, 0.4) is 0 Å². The van der Waals surface area contributed by atoms with Crippen LogP contribution in [0.2, 0.25) is 0 Å². The number of nitrogens with two attached hydrogens (primary N) is 1. The molecule has 2 aliphatic carbocycles. The molecule has 0 radical (unpaired) electrons. The van der Waals surface area contributed by atoms with Crippen molar-refractivity contribution in [2.75, 3.05) is 5.73 Å². The molecule has 3 aliphatic rings. The number of aliphatic carboxylic acids is 1. The Morgan fingerprint density at radius 3 is 2.57 bits per heavy atom. The molecule has 7 nitrogen and oxygen atoms in total. The predicted molar refractivity (Wildman–Crippen MR) is 123 cm³/mol. The largest absolute Gasteiger partial charge is 0.481 e. The summed E-state index contributed by atoms with van der Waals surface area (Å²) < 4.78 is 45.3. The maximum atomic E-state index is 13.1. The first-order valence-corrected chi connectivity index (χ1v) is 11.8. The zero-order chi connectivity index (χ0) is 25.2. The number of nitrogens with zero attached hydrogens (tertiary/aromatic N) is 3. The lowest BCUT2D eigenvalue weighted by atomic mass is 9.66. The lowest BCUT2D eigenvalue weighted by Crippen LogP contribution is -2.41. The predicted octanol–water partition coefficient (Wildman–Crippen LogP) is 5.22. The summed E-state index contributed by atoms with van der Waals surface area (Å²) in [6, 6.07) is 6.19. The highest BCUT2D eigenvalue weighted by molar-refractivity contribution is 6.09. The van der Waals surface area contributed by atoms with Crippen LogP contribution in [0.4, 0.5) is 24.7 Å². The van der Waals surface area contributed by atoms with Gasteiger partial charge in [-0.05, 0) is 80.9 Å². The van der Waals surface area contributed by atoms with Gasteiger partial charge in [0.25, 0.3) is 0 Å². The number of nitrogen functional groups attached to an aromatic ring is 1. The SMILES string of the molecule is CC1(C)Oc2nc(C(F)(F)F)nc(N)c2N=C1c1ccc2c(c1)CCC21CCC(CC(=O)O)CC1. The molecule has 3 N–H and O–H groups in total. The van der Waals surface area contributed by atoms with E-state index in [2.05, 4.69) is 27.1 Å². The molecule has 0 saturated heterocycles. The first-order chi connectivity index (χ1) is 16.4. The van der Waals surface area contributed by atoms with Crippen LogP contribution < -0.4 is 10.5 Å². The van der Waals surface area contributed by atoms with Crippen LogP contribution in [0.1, 0.15) is 74.9 Å². The van der Waals surface area contributed by atoms with E-state index in [1.807, 2.05) is 6.07 Å². The van der Waals surface area contributed by atoms with Crippen molar-refractivity contribution in [2.45, 2.75) is 76.0 Å². The highest BCUT2D eigenvalue weighted by atomic mass is 19.4. The smallest absolute Gasteiger partial charge is 0.451 e. The summed E-state index contributed by atoms with van der Waals surface area (Å²) in [6.07, 6.45) is 1.22. The van der Waals surface area contributed by atoms with Crippen molar-refractivity contribution in [1.82, 2.24) is 9.97 Å². The summed E-state index contributed by atoms with van der Waals surface area (Å²) in [7, 11) is 0. The molecule has 0 bridgehead atoms. The molecular formula is C25H27F3N4O3. The number of fused-ring (bicyclic) bond motifs is 3. The fraction of sp³-hybridized carbons (Fsp3) is 0.520. The Bertz CT molecular complexity index is 1230. The Labute approximate surface area is 200 Å². The molecule has 10 heteroatoms. The first kappa shape index (κ1) is 23.6. The van der Waals surface area contributed by atoms with Crippen LogP contribution in [0.15, 0.2) is 23.2 Å². The quantitative estimate of drug-likeness (QED) is 0.613. The van der Waals surface area contributed by atoms with Gasteiger partial charge in [0, 0.05) is 12.0 Å². The summed E-state index contributed by atoms with van der Waals surface area (Å²) in [5.41, 5.74) is 8.77. The lowest BCUT2D eigenvalue weighted by molar-refractivity contribution is -0.145. The summed E-state index contributed by atoms with van der Waals surface area (Å²) in [6.45, 7) is 3.47. The number of hydrogen-bond donors (Lipinski definition) is 2. The Morgan fingerprint density at radius 2 is 1.91 bits per heavy atom. The van der Waals surface area contributed by atoms with Crippen LogP contribution in [0.25, 0.3) is 0 Å². The van der Waals surface area contributed by atoms with Gasteiger partial charge in [0.15, 0.2) is 11.5 Å². The Kier molecular flexibility index (Phi) is 5.34. The van der Waals surface area contributed by atoms with E-state index in [-0.39, 0.29) is 35.1 Å². The number of alkyl halides is 3. The topological polar surface area (TPSA) is 111 Å². The van der Waals surface area contributed by atoms with Gasteiger partial charge in [-0.1, -0.05) is 12.1 Å². The lowest BCUT2D eigenvalue weighted by Gasteiger charge is -2.38. The van der Waals surface area contributed by atoms with Crippen molar-refractivity contribution in [3.05, 3.63) is 40.7 Å². The number of aliphatic imine (C=N–C) groups is 1. The number of anilines is 1. The zero-order valence-corrected chi connectivity index (χ0v) is 19.6. The van der Waals surface area contributed by atoms with Crippen molar-refractivity contribution in [1.29, 1.82) is 0 Å². The normalized spacial score (nSPS) is 24.9. The second-order valence-corrected chi connectivity index (χ2v) is 10.4. The second kappa shape index (κ2) is 7.93. The third-order valence-corrected chi connectivity index (χ3v) is 7.63. The number of carboxylic acids is 1. The molecule has 1 fully saturated rings. The van der Waals surface area contributed by atoms with E-state index in [9.17, 15) is 18.0 Å². The van der Waals surface area contributed by atoms with Crippen LogP contribution in [0.5, 0.6) is 5.88 Å². The molecule has 1 aromatic heterocycles. The third-order valence-electron chi connectivity index (χ3n) is 7.63. The first-order valence-electron chi connectivity index (χ1n) is 11.8. The van der Waals surface area contributed by atoms with Crippen molar-refractivity contribution in [3.8, 4) is 5.88 Å². The van der Waals surface area contributed by atoms with E-state index in [1.54, 1.807) is 13.8 Å². The van der Waals surface area contributed by atoms with Gasteiger partial charge >= 0.3 is 12.1 Å². The molecule has 35 heavy (non-hydrogen) atoms. The van der Waals surface area contributed by atoms with E-state index in [1.165, 1.54) is 11.1 Å². The third kappa shape index (κ3) is 4.12. The molecule has 0 atom stereocenters. The summed E-state index contributed by atoms with van der Waals surface area (Å²) in [4.78, 5) is 22.6. The molecule has 0 unspecified atom stereocenters. The monoisotopic (exact) mass is 488 g/mol. The molecule has 1 aromatic carbocycles. The highest BCUT2D eigenvalue weighted by Gasteiger charge is 2.43. The van der Waals surface area contributed by atoms with Gasteiger partial charge in [0.1, 0.15) is 5.60 Å². The Morgan fingerprint density at radius 1 is 1.20 bits per heavy atom. The van der Waals surface area contributed by atoms with E-state index < -0.39 is 23.6 Å². The van der Waals surface area contributed by atoms with Gasteiger partial charge in [-0.3, -0.25) is 4.79 Å².